The molecule has 6 heteroatoms. The van der Waals surface area contributed by atoms with Crippen LogP contribution in [-0.4, -0.2) is 33.2 Å². The standard InChI is InChI=1S/C30H46O6/c1-25(2)12-14-30(24(35)36)15-13-28(6)18(19(30)16-25)8-9-21-27(5,17-22(31)32)20(10-11-29(21,28)7)26(3,4)23(33)34/h8,19-21H,9-17H2,1-7H3,(H,31,32)(H,33,34)(H,35,36)/t19-,20-,21+,27-,28+,29+,30-/m0/s1. The Balaban J connectivity index is 1.86. The maximum absolute atomic E-state index is 12.8. The SMILES string of the molecule is CC1(C)CC[C@]2(C(=O)O)CC[C@]3(C)C(=CC[C@@H]4[C@@](C)(CC(=O)O)[C@H](C(C)(C)C(=O)O)CC[C@]43C)[C@@H]2C1. The lowest BCUT2D eigenvalue weighted by Gasteiger charge is -2.69. The second-order valence-corrected chi connectivity index (χ2v) is 14.8. The lowest BCUT2D eigenvalue weighted by Crippen LogP contribution is -2.63. The molecule has 0 aliphatic heterocycles. The molecule has 36 heavy (non-hydrogen) atoms. The van der Waals surface area contributed by atoms with E-state index in [2.05, 4.69) is 33.8 Å². The fourth-order valence-electron chi connectivity index (χ4n) is 9.90. The van der Waals surface area contributed by atoms with Gasteiger partial charge in [-0.3, -0.25) is 14.4 Å². The lowest BCUT2D eigenvalue weighted by molar-refractivity contribution is -0.190. The summed E-state index contributed by atoms with van der Waals surface area (Å²) in [6, 6.07) is 0. The molecule has 202 valence electrons. The average molecular weight is 503 g/mol. The van der Waals surface area contributed by atoms with Crippen LogP contribution in [0.15, 0.2) is 11.6 Å². The van der Waals surface area contributed by atoms with Gasteiger partial charge in [0.2, 0.25) is 0 Å². The van der Waals surface area contributed by atoms with E-state index in [9.17, 15) is 29.7 Å². The normalized spacial score (nSPS) is 43.9. The van der Waals surface area contributed by atoms with E-state index < -0.39 is 34.2 Å². The lowest BCUT2D eigenvalue weighted by atomic mass is 9.34. The van der Waals surface area contributed by atoms with E-state index in [1.54, 1.807) is 13.8 Å². The molecule has 0 saturated heterocycles. The van der Waals surface area contributed by atoms with Crippen molar-refractivity contribution in [2.75, 3.05) is 0 Å². The first-order chi connectivity index (χ1) is 16.4. The predicted molar refractivity (Wildman–Crippen MR) is 137 cm³/mol. The zero-order chi connectivity index (χ0) is 27.1. The van der Waals surface area contributed by atoms with E-state index in [0.29, 0.717) is 25.7 Å². The van der Waals surface area contributed by atoms with Gasteiger partial charge in [0.25, 0.3) is 0 Å². The first-order valence-corrected chi connectivity index (χ1v) is 13.8. The predicted octanol–water partition coefficient (Wildman–Crippen LogP) is 6.64. The molecule has 3 saturated carbocycles. The maximum Gasteiger partial charge on any atom is 0.310 e. The van der Waals surface area contributed by atoms with E-state index in [1.807, 2.05) is 6.92 Å². The van der Waals surface area contributed by atoms with Crippen molar-refractivity contribution in [2.45, 2.75) is 106 Å². The fourth-order valence-corrected chi connectivity index (χ4v) is 9.90. The second kappa shape index (κ2) is 8.07. The van der Waals surface area contributed by atoms with Gasteiger partial charge in [0.05, 0.1) is 17.3 Å². The zero-order valence-corrected chi connectivity index (χ0v) is 23.2. The molecule has 7 atom stereocenters. The Bertz CT molecular complexity index is 1010. The first kappa shape index (κ1) is 27.2. The highest BCUT2D eigenvalue weighted by Crippen LogP contribution is 2.74. The van der Waals surface area contributed by atoms with Crippen LogP contribution < -0.4 is 0 Å². The number of rotatable bonds is 5. The van der Waals surface area contributed by atoms with Gasteiger partial charge in [0, 0.05) is 0 Å². The quantitative estimate of drug-likeness (QED) is 0.363. The Morgan fingerprint density at radius 2 is 1.56 bits per heavy atom. The minimum atomic E-state index is -1.03. The molecular weight excluding hydrogens is 456 g/mol. The summed E-state index contributed by atoms with van der Waals surface area (Å²) in [6.07, 6.45) is 8.34. The number of fused-ring (bicyclic) bond motifs is 5. The summed E-state index contributed by atoms with van der Waals surface area (Å²) in [6.45, 7) is 14.6. The van der Waals surface area contributed by atoms with Gasteiger partial charge in [0.1, 0.15) is 0 Å². The van der Waals surface area contributed by atoms with Crippen LogP contribution in [0.5, 0.6) is 0 Å². The highest BCUT2D eigenvalue weighted by atomic mass is 16.4. The van der Waals surface area contributed by atoms with Crippen molar-refractivity contribution in [1.82, 2.24) is 0 Å². The van der Waals surface area contributed by atoms with E-state index in [0.717, 1.165) is 25.7 Å². The van der Waals surface area contributed by atoms with Crippen LogP contribution in [0.1, 0.15) is 106 Å². The van der Waals surface area contributed by atoms with Gasteiger partial charge in [-0.05, 0) is 105 Å². The van der Waals surface area contributed by atoms with Crippen LogP contribution in [0.4, 0.5) is 0 Å². The van der Waals surface area contributed by atoms with Gasteiger partial charge in [-0.2, -0.15) is 0 Å². The largest absolute Gasteiger partial charge is 0.481 e. The van der Waals surface area contributed by atoms with Crippen molar-refractivity contribution in [2.24, 2.45) is 50.2 Å². The molecule has 0 amide bonds. The Hall–Kier alpha value is -1.85. The van der Waals surface area contributed by atoms with Gasteiger partial charge in [-0.1, -0.05) is 46.3 Å². The molecule has 4 rings (SSSR count). The Labute approximate surface area is 215 Å². The molecule has 3 fully saturated rings. The number of hydrogen-bond donors (Lipinski definition) is 3. The number of hydrogen-bond acceptors (Lipinski definition) is 3. The molecular formula is C30H46O6. The third kappa shape index (κ3) is 3.52. The molecule has 0 bridgehead atoms. The van der Waals surface area contributed by atoms with Gasteiger partial charge in [-0.25, -0.2) is 0 Å². The van der Waals surface area contributed by atoms with Crippen molar-refractivity contribution in [3.8, 4) is 0 Å². The van der Waals surface area contributed by atoms with Gasteiger partial charge >= 0.3 is 17.9 Å². The summed E-state index contributed by atoms with van der Waals surface area (Å²) in [5, 5.41) is 30.6. The molecule has 0 radical (unpaired) electrons. The summed E-state index contributed by atoms with van der Waals surface area (Å²) in [4.78, 5) is 37.3. The number of carbonyl (C=O) groups is 3. The van der Waals surface area contributed by atoms with Crippen LogP contribution in [0, 0.1) is 50.2 Å². The highest BCUT2D eigenvalue weighted by Gasteiger charge is 2.69. The Kier molecular flexibility index (Phi) is 6.10. The van der Waals surface area contributed by atoms with Crippen LogP contribution >= 0.6 is 0 Å². The minimum absolute atomic E-state index is 0.00538. The molecule has 0 spiro atoms. The zero-order valence-electron chi connectivity index (χ0n) is 23.2. The first-order valence-electron chi connectivity index (χ1n) is 13.8. The molecule has 0 aromatic rings. The van der Waals surface area contributed by atoms with Crippen LogP contribution in [0.3, 0.4) is 0 Å². The van der Waals surface area contributed by atoms with Crippen molar-refractivity contribution in [1.29, 1.82) is 0 Å². The minimum Gasteiger partial charge on any atom is -0.481 e. The van der Waals surface area contributed by atoms with Gasteiger partial charge in [0.15, 0.2) is 0 Å². The Morgan fingerprint density at radius 3 is 2.11 bits per heavy atom. The molecule has 0 aromatic heterocycles. The third-order valence-corrected chi connectivity index (χ3v) is 12.3. The molecule has 6 nitrogen and oxygen atoms in total. The van der Waals surface area contributed by atoms with Crippen LogP contribution in [0.2, 0.25) is 0 Å². The van der Waals surface area contributed by atoms with Crippen molar-refractivity contribution < 1.29 is 29.7 Å². The molecule has 4 aliphatic rings. The maximum atomic E-state index is 12.8. The summed E-state index contributed by atoms with van der Waals surface area (Å²) in [7, 11) is 0. The number of carboxylic acid groups (broad SMARTS) is 3. The summed E-state index contributed by atoms with van der Waals surface area (Å²) in [5.41, 5.74) is -1.51. The molecule has 3 N–H and O–H groups in total. The molecule has 4 aliphatic carbocycles. The summed E-state index contributed by atoms with van der Waals surface area (Å²) in [5.74, 6) is -2.67. The van der Waals surface area contributed by atoms with Gasteiger partial charge < -0.3 is 15.3 Å². The highest BCUT2D eigenvalue weighted by molar-refractivity contribution is 5.77. The van der Waals surface area contributed by atoms with Crippen molar-refractivity contribution in [3.63, 3.8) is 0 Å². The van der Waals surface area contributed by atoms with Gasteiger partial charge in [-0.15, -0.1) is 0 Å². The van der Waals surface area contributed by atoms with Crippen molar-refractivity contribution in [3.05, 3.63) is 11.6 Å². The topological polar surface area (TPSA) is 112 Å². The monoisotopic (exact) mass is 502 g/mol. The van der Waals surface area contributed by atoms with Crippen LogP contribution in [-0.2, 0) is 14.4 Å². The van der Waals surface area contributed by atoms with Crippen LogP contribution in [0.25, 0.3) is 0 Å². The number of allylic oxidation sites excluding steroid dienone is 2. The molecule has 0 aromatic carbocycles. The number of aliphatic carboxylic acids is 3. The molecule has 0 unspecified atom stereocenters. The average Bonchev–Trinajstić information content (AvgIpc) is 2.72. The number of carboxylic acids is 3. The summed E-state index contributed by atoms with van der Waals surface area (Å²) < 4.78 is 0. The third-order valence-electron chi connectivity index (χ3n) is 12.3. The van der Waals surface area contributed by atoms with E-state index in [4.69, 9.17) is 0 Å². The smallest absolute Gasteiger partial charge is 0.310 e. The van der Waals surface area contributed by atoms with E-state index in [-0.39, 0.29) is 40.4 Å². The van der Waals surface area contributed by atoms with E-state index >= 15 is 0 Å². The summed E-state index contributed by atoms with van der Waals surface area (Å²) >= 11 is 0. The molecule has 0 heterocycles. The Morgan fingerprint density at radius 1 is 0.944 bits per heavy atom. The van der Waals surface area contributed by atoms with Crippen molar-refractivity contribution >= 4 is 17.9 Å². The fraction of sp³-hybridized carbons (Fsp3) is 0.833. The van der Waals surface area contributed by atoms with E-state index in [1.165, 1.54) is 5.57 Å². The second-order valence-electron chi connectivity index (χ2n) is 14.8.